The highest BCUT2D eigenvalue weighted by Gasteiger charge is 2.32. The molecule has 0 saturated carbocycles. The Kier molecular flexibility index (Phi) is 1.08. The van der Waals surface area contributed by atoms with Crippen molar-refractivity contribution in [1.29, 1.82) is 0 Å². The molecule has 1 aliphatic heterocycles. The highest BCUT2D eigenvalue weighted by atomic mass is 19.2. The zero-order valence-electron chi connectivity index (χ0n) is 3.93. The Bertz CT molecular complexity index is 103. The fourth-order valence-corrected chi connectivity index (χ4v) is 0.386. The lowest BCUT2D eigenvalue weighted by Gasteiger charge is -1.93. The molecule has 0 aromatic rings. The molecule has 0 amide bonds. The monoisotopic (exact) mass is 122 g/mol. The van der Waals surface area contributed by atoms with Gasteiger partial charge >= 0.3 is 12.7 Å². The van der Waals surface area contributed by atoms with Crippen molar-refractivity contribution in [2.45, 2.75) is 12.7 Å². The van der Waals surface area contributed by atoms with Crippen LogP contribution in [-0.2, 0) is 9.47 Å². The van der Waals surface area contributed by atoms with E-state index in [1.165, 1.54) is 0 Å². The van der Waals surface area contributed by atoms with Crippen molar-refractivity contribution in [2.75, 3.05) is 0 Å². The van der Waals surface area contributed by atoms with E-state index in [2.05, 4.69) is 16.1 Å². The zero-order valence-corrected chi connectivity index (χ0v) is 3.93. The molecule has 2 atom stereocenters. The third-order valence-electron chi connectivity index (χ3n) is 0.694. The highest BCUT2D eigenvalue weighted by Crippen LogP contribution is 2.21. The summed E-state index contributed by atoms with van der Waals surface area (Å²) in [4.78, 5) is 0. The van der Waals surface area contributed by atoms with Gasteiger partial charge in [0, 0.05) is 0 Å². The first-order valence-corrected chi connectivity index (χ1v) is 2.00. The van der Waals surface area contributed by atoms with E-state index < -0.39 is 12.7 Å². The molecule has 1 rings (SSSR count). The van der Waals surface area contributed by atoms with Crippen LogP contribution in [0.2, 0.25) is 0 Å². The molecule has 2 nitrogen and oxygen atoms in total. The predicted octanol–water partition coefficient (Wildman–Crippen LogP) is 1.10. The summed E-state index contributed by atoms with van der Waals surface area (Å²) in [5.41, 5.74) is 0. The quantitative estimate of drug-likeness (QED) is 0.479. The van der Waals surface area contributed by atoms with Crippen molar-refractivity contribution >= 4 is 0 Å². The van der Waals surface area contributed by atoms with Crippen LogP contribution in [0.4, 0.5) is 8.78 Å². The summed E-state index contributed by atoms with van der Waals surface area (Å²) in [5, 5.41) is 0. The normalized spacial score (nSPS) is 36.5. The lowest BCUT2D eigenvalue weighted by Crippen LogP contribution is -2.09. The molecular weight excluding hydrogens is 118 g/mol. The summed E-state index contributed by atoms with van der Waals surface area (Å²) in [6, 6.07) is 0. The molecule has 0 N–H and O–H groups in total. The number of alkyl halides is 2. The van der Waals surface area contributed by atoms with Crippen LogP contribution >= 0.6 is 0 Å². The van der Waals surface area contributed by atoms with Crippen LogP contribution in [0.5, 0.6) is 0 Å². The summed E-state index contributed by atoms with van der Waals surface area (Å²) in [5.74, 6) is -0.301. The Labute approximate surface area is 44.7 Å². The predicted molar refractivity (Wildman–Crippen MR) is 21.1 cm³/mol. The third kappa shape index (κ3) is 0.731. The van der Waals surface area contributed by atoms with E-state index in [4.69, 9.17) is 0 Å². The molecular formula is C4H4F2O2. The molecule has 46 valence electrons. The summed E-state index contributed by atoms with van der Waals surface area (Å²) in [6.45, 7) is 3.03. The average molecular weight is 122 g/mol. The maximum atomic E-state index is 11.8. The summed E-state index contributed by atoms with van der Waals surface area (Å²) in [7, 11) is 0. The van der Waals surface area contributed by atoms with Gasteiger partial charge in [0.05, 0.1) is 0 Å². The molecule has 1 saturated heterocycles. The Morgan fingerprint density at radius 1 is 1.25 bits per heavy atom. The second-order valence-electron chi connectivity index (χ2n) is 1.31. The van der Waals surface area contributed by atoms with Crippen molar-refractivity contribution in [3.8, 4) is 0 Å². The summed E-state index contributed by atoms with van der Waals surface area (Å²) in [6.07, 6.45) is -4.00. The van der Waals surface area contributed by atoms with Gasteiger partial charge in [-0.25, -0.2) is 0 Å². The molecule has 4 heteroatoms. The Balaban J connectivity index is 2.51. The maximum absolute atomic E-state index is 11.8. The molecule has 2 unspecified atom stereocenters. The maximum Gasteiger partial charge on any atom is 0.307 e. The van der Waals surface area contributed by atoms with E-state index in [-0.39, 0.29) is 5.95 Å². The number of rotatable bonds is 0. The van der Waals surface area contributed by atoms with E-state index in [0.29, 0.717) is 0 Å². The van der Waals surface area contributed by atoms with Crippen LogP contribution in [0, 0.1) is 0 Å². The van der Waals surface area contributed by atoms with Crippen LogP contribution in [0.15, 0.2) is 12.5 Å². The van der Waals surface area contributed by atoms with Crippen LogP contribution in [0.25, 0.3) is 0 Å². The van der Waals surface area contributed by atoms with Gasteiger partial charge in [-0.1, -0.05) is 0 Å². The smallest absolute Gasteiger partial charge is 0.307 e. The van der Waals surface area contributed by atoms with Gasteiger partial charge in [0.2, 0.25) is 0 Å². The van der Waals surface area contributed by atoms with Crippen LogP contribution in [0.3, 0.4) is 0 Å². The van der Waals surface area contributed by atoms with E-state index in [1.54, 1.807) is 0 Å². The lowest BCUT2D eigenvalue weighted by atomic mass is 10.7. The lowest BCUT2D eigenvalue weighted by molar-refractivity contribution is -0.0349. The summed E-state index contributed by atoms with van der Waals surface area (Å²) >= 11 is 0. The van der Waals surface area contributed by atoms with Gasteiger partial charge in [0.1, 0.15) is 0 Å². The first kappa shape index (κ1) is 5.34. The topological polar surface area (TPSA) is 18.5 Å². The molecule has 8 heavy (non-hydrogen) atoms. The molecule has 0 aromatic heterocycles. The van der Waals surface area contributed by atoms with Gasteiger partial charge in [0.15, 0.2) is 0 Å². The first-order chi connectivity index (χ1) is 3.70. The van der Waals surface area contributed by atoms with E-state index in [0.717, 1.165) is 0 Å². The third-order valence-corrected chi connectivity index (χ3v) is 0.694. The summed E-state index contributed by atoms with van der Waals surface area (Å²) < 4.78 is 31.6. The van der Waals surface area contributed by atoms with Gasteiger partial charge < -0.3 is 9.47 Å². The highest BCUT2D eigenvalue weighted by molar-refractivity contribution is 4.77. The number of ether oxygens (including phenoxy) is 2. The SMILES string of the molecule is C=C1OC(F)C(F)O1. The van der Waals surface area contributed by atoms with Gasteiger partial charge in [-0.15, -0.1) is 0 Å². The van der Waals surface area contributed by atoms with Crippen molar-refractivity contribution in [2.24, 2.45) is 0 Å². The average Bonchev–Trinajstić information content (AvgIpc) is 1.85. The Hall–Kier alpha value is -0.800. The van der Waals surface area contributed by atoms with Gasteiger partial charge in [0.25, 0.3) is 5.95 Å². The molecule has 0 aliphatic carbocycles. The van der Waals surface area contributed by atoms with Crippen molar-refractivity contribution in [1.82, 2.24) is 0 Å². The molecule has 1 aliphatic rings. The fraction of sp³-hybridized carbons (Fsp3) is 0.500. The second-order valence-corrected chi connectivity index (χ2v) is 1.31. The minimum Gasteiger partial charge on any atom is -0.424 e. The van der Waals surface area contributed by atoms with Crippen LogP contribution < -0.4 is 0 Å². The van der Waals surface area contributed by atoms with Gasteiger partial charge in [-0.05, 0) is 6.58 Å². The van der Waals surface area contributed by atoms with E-state index >= 15 is 0 Å². The minimum absolute atomic E-state index is 0.301. The van der Waals surface area contributed by atoms with Gasteiger partial charge in [-0.3, -0.25) is 0 Å². The number of hydrogen-bond acceptors (Lipinski definition) is 2. The fourth-order valence-electron chi connectivity index (χ4n) is 0.386. The minimum atomic E-state index is -2.00. The molecule has 0 spiro atoms. The van der Waals surface area contributed by atoms with Crippen LogP contribution in [0.1, 0.15) is 0 Å². The molecule has 0 bridgehead atoms. The van der Waals surface area contributed by atoms with Crippen LogP contribution in [-0.4, -0.2) is 12.7 Å². The Morgan fingerprint density at radius 3 is 1.75 bits per heavy atom. The largest absolute Gasteiger partial charge is 0.424 e. The van der Waals surface area contributed by atoms with E-state index in [9.17, 15) is 8.78 Å². The van der Waals surface area contributed by atoms with Crippen molar-refractivity contribution < 1.29 is 18.3 Å². The molecule has 1 heterocycles. The number of halogens is 2. The number of hydrogen-bond donors (Lipinski definition) is 0. The van der Waals surface area contributed by atoms with E-state index in [1.807, 2.05) is 0 Å². The van der Waals surface area contributed by atoms with Crippen molar-refractivity contribution in [3.05, 3.63) is 12.5 Å². The Morgan fingerprint density at radius 2 is 1.62 bits per heavy atom. The van der Waals surface area contributed by atoms with Gasteiger partial charge in [-0.2, -0.15) is 8.78 Å². The zero-order chi connectivity index (χ0) is 6.15. The standard InChI is InChI=1S/C4H4F2O2/c1-2-7-3(5)4(6)8-2/h3-4H,1H2. The molecule has 1 fully saturated rings. The first-order valence-electron chi connectivity index (χ1n) is 2.00. The van der Waals surface area contributed by atoms with Crippen molar-refractivity contribution in [3.63, 3.8) is 0 Å². The molecule has 0 radical (unpaired) electrons. The molecule has 0 aromatic carbocycles. The second kappa shape index (κ2) is 1.61.